The number of hydrogen-bond donors (Lipinski definition) is 1. The number of fused-ring (bicyclic) bond motifs is 1. The quantitative estimate of drug-likeness (QED) is 0.917. The largest absolute Gasteiger partial charge is 0.357 e. The Hall–Kier alpha value is -1.51. The molecule has 1 fully saturated rings. The van der Waals surface area contributed by atoms with Crippen LogP contribution in [0.1, 0.15) is 51.5 Å². The van der Waals surface area contributed by atoms with E-state index in [0.29, 0.717) is 18.5 Å². The fraction of sp³-hybridized carbons (Fsp3) is 0.588. The van der Waals surface area contributed by atoms with E-state index in [1.165, 1.54) is 11.3 Å². The van der Waals surface area contributed by atoms with Gasteiger partial charge in [-0.05, 0) is 50.7 Å². The second-order valence-electron chi connectivity index (χ2n) is 6.90. The topological polar surface area (TPSA) is 32.3 Å². The first kappa shape index (κ1) is 13.5. The second kappa shape index (κ2) is 4.80. The number of para-hydroxylation sites is 1. The molecule has 1 amide bonds. The smallest absolute Gasteiger partial charge is 0.239 e. The van der Waals surface area contributed by atoms with E-state index in [-0.39, 0.29) is 11.4 Å². The Kier molecular flexibility index (Phi) is 3.23. The first-order valence-electron chi connectivity index (χ1n) is 7.63. The molecule has 0 unspecified atom stereocenters. The SMILES string of the molecule is C[C@@H]1CC(C)(C)N(CC(=O)NC2CC2)c2ccccc21. The standard InChI is InChI=1S/C17H24N2O/c1-12-10-17(2,3)19(11-16(20)18-13-8-9-13)15-7-5-4-6-14(12)15/h4-7,12-13H,8-11H2,1-3H3,(H,18,20)/t12-/m1/s1. The summed E-state index contributed by atoms with van der Waals surface area (Å²) in [6, 6.07) is 8.94. The van der Waals surface area contributed by atoms with E-state index in [9.17, 15) is 4.79 Å². The van der Waals surface area contributed by atoms with Gasteiger partial charge in [0.1, 0.15) is 0 Å². The lowest BCUT2D eigenvalue weighted by Crippen LogP contribution is -2.52. The van der Waals surface area contributed by atoms with Gasteiger partial charge in [-0.2, -0.15) is 0 Å². The van der Waals surface area contributed by atoms with Crippen LogP contribution in [-0.4, -0.2) is 24.0 Å². The van der Waals surface area contributed by atoms with Gasteiger partial charge in [0, 0.05) is 17.3 Å². The molecule has 1 atom stereocenters. The van der Waals surface area contributed by atoms with Crippen LogP contribution in [0.25, 0.3) is 0 Å². The molecular weight excluding hydrogens is 248 g/mol. The number of hydrogen-bond acceptors (Lipinski definition) is 2. The van der Waals surface area contributed by atoms with Gasteiger partial charge in [-0.25, -0.2) is 0 Å². The fourth-order valence-electron chi connectivity index (χ4n) is 3.39. The van der Waals surface area contributed by atoms with Crippen LogP contribution in [0, 0.1) is 0 Å². The molecule has 1 aromatic rings. The zero-order valence-electron chi connectivity index (χ0n) is 12.6. The summed E-state index contributed by atoms with van der Waals surface area (Å²) >= 11 is 0. The van der Waals surface area contributed by atoms with E-state index in [4.69, 9.17) is 0 Å². The summed E-state index contributed by atoms with van der Waals surface area (Å²) < 4.78 is 0. The second-order valence-corrected chi connectivity index (χ2v) is 6.90. The van der Waals surface area contributed by atoms with Gasteiger partial charge in [-0.15, -0.1) is 0 Å². The lowest BCUT2D eigenvalue weighted by molar-refractivity contribution is -0.120. The first-order chi connectivity index (χ1) is 9.47. The van der Waals surface area contributed by atoms with Crippen molar-refractivity contribution in [3.05, 3.63) is 29.8 Å². The van der Waals surface area contributed by atoms with Crippen LogP contribution in [0.4, 0.5) is 5.69 Å². The average Bonchev–Trinajstić information content (AvgIpc) is 3.18. The highest BCUT2D eigenvalue weighted by Crippen LogP contribution is 2.42. The van der Waals surface area contributed by atoms with Crippen molar-refractivity contribution < 1.29 is 4.79 Å². The van der Waals surface area contributed by atoms with Gasteiger partial charge in [-0.1, -0.05) is 25.1 Å². The van der Waals surface area contributed by atoms with Crippen LogP contribution in [0.5, 0.6) is 0 Å². The van der Waals surface area contributed by atoms with Crippen molar-refractivity contribution in [1.29, 1.82) is 0 Å². The summed E-state index contributed by atoms with van der Waals surface area (Å²) in [6.45, 7) is 7.23. The lowest BCUT2D eigenvalue weighted by Gasteiger charge is -2.47. The number of amides is 1. The maximum Gasteiger partial charge on any atom is 0.239 e. The molecule has 20 heavy (non-hydrogen) atoms. The summed E-state index contributed by atoms with van der Waals surface area (Å²) in [5, 5.41) is 3.10. The molecule has 1 aromatic carbocycles. The Morgan fingerprint density at radius 2 is 2.05 bits per heavy atom. The molecule has 0 aromatic heterocycles. The number of benzene rings is 1. The first-order valence-corrected chi connectivity index (χ1v) is 7.63. The molecule has 1 aliphatic carbocycles. The van der Waals surface area contributed by atoms with Crippen molar-refractivity contribution in [3.63, 3.8) is 0 Å². The Morgan fingerprint density at radius 1 is 1.35 bits per heavy atom. The highest BCUT2D eigenvalue weighted by Gasteiger charge is 2.37. The van der Waals surface area contributed by atoms with Crippen LogP contribution in [0.3, 0.4) is 0 Å². The molecule has 0 radical (unpaired) electrons. The summed E-state index contributed by atoms with van der Waals surface area (Å²) in [7, 11) is 0. The predicted octanol–water partition coefficient (Wildman–Crippen LogP) is 3.06. The zero-order chi connectivity index (χ0) is 14.3. The third-order valence-corrected chi connectivity index (χ3v) is 4.54. The number of nitrogens with one attached hydrogen (secondary N) is 1. The minimum Gasteiger partial charge on any atom is -0.357 e. The highest BCUT2D eigenvalue weighted by molar-refractivity contribution is 5.83. The van der Waals surface area contributed by atoms with Crippen molar-refractivity contribution >= 4 is 11.6 Å². The molecule has 0 saturated heterocycles. The highest BCUT2D eigenvalue weighted by atomic mass is 16.2. The molecule has 108 valence electrons. The number of carbonyl (C=O) groups excluding carboxylic acids is 1. The van der Waals surface area contributed by atoms with Crippen LogP contribution in [0.2, 0.25) is 0 Å². The lowest BCUT2D eigenvalue weighted by atomic mass is 9.80. The monoisotopic (exact) mass is 272 g/mol. The molecule has 3 nitrogen and oxygen atoms in total. The van der Waals surface area contributed by atoms with E-state index in [1.54, 1.807) is 0 Å². The molecule has 1 heterocycles. The molecular formula is C17H24N2O. The van der Waals surface area contributed by atoms with Crippen LogP contribution in [0.15, 0.2) is 24.3 Å². The predicted molar refractivity (Wildman–Crippen MR) is 82.1 cm³/mol. The van der Waals surface area contributed by atoms with Gasteiger partial charge < -0.3 is 10.2 Å². The van der Waals surface area contributed by atoms with Gasteiger partial charge in [0.25, 0.3) is 0 Å². The fourth-order valence-corrected chi connectivity index (χ4v) is 3.39. The Balaban J connectivity index is 1.86. The van der Waals surface area contributed by atoms with Crippen molar-refractivity contribution in [2.75, 3.05) is 11.4 Å². The summed E-state index contributed by atoms with van der Waals surface area (Å²) in [4.78, 5) is 14.5. The van der Waals surface area contributed by atoms with E-state index < -0.39 is 0 Å². The van der Waals surface area contributed by atoms with Gasteiger partial charge in [0.2, 0.25) is 5.91 Å². The molecule has 3 heteroatoms. The minimum atomic E-state index is 0.0225. The summed E-state index contributed by atoms with van der Waals surface area (Å²) in [5.41, 5.74) is 2.61. The third kappa shape index (κ3) is 2.54. The van der Waals surface area contributed by atoms with Crippen molar-refractivity contribution in [3.8, 4) is 0 Å². The molecule has 1 N–H and O–H groups in total. The number of carbonyl (C=O) groups is 1. The van der Waals surface area contributed by atoms with E-state index >= 15 is 0 Å². The van der Waals surface area contributed by atoms with E-state index in [1.807, 2.05) is 0 Å². The van der Waals surface area contributed by atoms with Gasteiger partial charge in [0.05, 0.1) is 6.54 Å². The van der Waals surface area contributed by atoms with Crippen molar-refractivity contribution in [2.45, 2.75) is 57.5 Å². The Morgan fingerprint density at radius 3 is 2.75 bits per heavy atom. The molecule has 3 rings (SSSR count). The normalized spacial score (nSPS) is 24.1. The third-order valence-electron chi connectivity index (χ3n) is 4.54. The molecule has 1 saturated carbocycles. The van der Waals surface area contributed by atoms with E-state index in [0.717, 1.165) is 19.3 Å². The van der Waals surface area contributed by atoms with Crippen molar-refractivity contribution in [1.82, 2.24) is 5.32 Å². The van der Waals surface area contributed by atoms with Crippen LogP contribution in [-0.2, 0) is 4.79 Å². The summed E-state index contributed by atoms with van der Waals surface area (Å²) in [5.74, 6) is 0.703. The average molecular weight is 272 g/mol. The molecule has 1 aliphatic heterocycles. The van der Waals surface area contributed by atoms with Gasteiger partial charge in [0.15, 0.2) is 0 Å². The maximum absolute atomic E-state index is 12.2. The van der Waals surface area contributed by atoms with Gasteiger partial charge >= 0.3 is 0 Å². The summed E-state index contributed by atoms with van der Waals surface area (Å²) in [6.07, 6.45) is 3.37. The minimum absolute atomic E-state index is 0.0225. The van der Waals surface area contributed by atoms with Crippen molar-refractivity contribution in [2.24, 2.45) is 0 Å². The zero-order valence-corrected chi connectivity index (χ0v) is 12.6. The van der Waals surface area contributed by atoms with E-state index in [2.05, 4.69) is 55.3 Å². The number of anilines is 1. The maximum atomic E-state index is 12.2. The number of rotatable bonds is 3. The Labute approximate surface area is 121 Å². The molecule has 2 aliphatic rings. The van der Waals surface area contributed by atoms with Crippen LogP contribution < -0.4 is 10.2 Å². The Bertz CT molecular complexity index is 519. The molecule has 0 bridgehead atoms. The van der Waals surface area contributed by atoms with Gasteiger partial charge in [-0.3, -0.25) is 4.79 Å². The van der Waals surface area contributed by atoms with Crippen LogP contribution >= 0.6 is 0 Å². The molecule has 0 spiro atoms. The number of nitrogens with zero attached hydrogens (tertiary/aromatic N) is 1.